The van der Waals surface area contributed by atoms with Crippen LogP contribution in [0.5, 0.6) is 0 Å². The van der Waals surface area contributed by atoms with Gasteiger partial charge in [0.25, 0.3) is 0 Å². The van der Waals surface area contributed by atoms with Gasteiger partial charge in [-0.25, -0.2) is 23.1 Å². The standard InChI is InChI=1S/C17H19N3O2S3/c1-12-19-15(10-23-12)9-17-20-16(11-24-17)14-5-3-13(4-6-14)7-8-18-25(2,21)22/h3-6,10-11,18H,7-9H2,1-2H3. The Morgan fingerprint density at radius 1 is 1.08 bits per heavy atom. The Bertz CT molecular complexity index is 944. The van der Waals surface area contributed by atoms with E-state index in [1.54, 1.807) is 22.7 Å². The van der Waals surface area contributed by atoms with Gasteiger partial charge in [0, 0.05) is 29.3 Å². The van der Waals surface area contributed by atoms with Crippen molar-refractivity contribution in [3.05, 3.63) is 56.3 Å². The normalized spacial score (nSPS) is 11.8. The molecule has 0 atom stereocenters. The second-order valence-corrected chi connectivity index (χ2v) is 9.61. The van der Waals surface area contributed by atoms with Crippen LogP contribution in [0.4, 0.5) is 0 Å². The van der Waals surface area contributed by atoms with Crippen LogP contribution >= 0.6 is 22.7 Å². The number of nitrogens with zero attached hydrogens (tertiary/aromatic N) is 2. The van der Waals surface area contributed by atoms with Crippen molar-refractivity contribution >= 4 is 32.7 Å². The SMILES string of the molecule is Cc1nc(Cc2nc(-c3ccc(CCNS(C)(=O)=O)cc3)cs2)cs1. The van der Waals surface area contributed by atoms with Gasteiger partial charge in [-0.05, 0) is 18.9 Å². The Balaban J connectivity index is 1.62. The van der Waals surface area contributed by atoms with Crippen molar-refractivity contribution in [1.82, 2.24) is 14.7 Å². The predicted molar refractivity (Wildman–Crippen MR) is 104 cm³/mol. The first-order valence-electron chi connectivity index (χ1n) is 7.78. The van der Waals surface area contributed by atoms with Crippen LogP contribution in [0.15, 0.2) is 35.0 Å². The van der Waals surface area contributed by atoms with E-state index in [0.29, 0.717) is 13.0 Å². The van der Waals surface area contributed by atoms with Gasteiger partial charge in [-0.3, -0.25) is 0 Å². The summed E-state index contributed by atoms with van der Waals surface area (Å²) in [5, 5.41) is 6.28. The van der Waals surface area contributed by atoms with Crippen LogP contribution in [0.2, 0.25) is 0 Å². The van der Waals surface area contributed by atoms with Gasteiger partial charge in [0.2, 0.25) is 10.0 Å². The second kappa shape index (κ2) is 7.74. The predicted octanol–water partition coefficient (Wildman–Crippen LogP) is 3.26. The molecule has 3 rings (SSSR count). The van der Waals surface area contributed by atoms with Crippen LogP contribution < -0.4 is 4.72 Å². The van der Waals surface area contributed by atoms with Crippen molar-refractivity contribution in [2.24, 2.45) is 0 Å². The summed E-state index contributed by atoms with van der Waals surface area (Å²) in [6.07, 6.45) is 2.60. The maximum atomic E-state index is 11.1. The molecule has 5 nitrogen and oxygen atoms in total. The molecule has 25 heavy (non-hydrogen) atoms. The molecule has 0 aliphatic heterocycles. The van der Waals surface area contributed by atoms with Gasteiger partial charge in [0.15, 0.2) is 0 Å². The molecule has 2 aromatic heterocycles. The molecule has 0 spiro atoms. The van der Waals surface area contributed by atoms with E-state index >= 15 is 0 Å². The number of sulfonamides is 1. The maximum absolute atomic E-state index is 11.1. The van der Waals surface area contributed by atoms with E-state index in [2.05, 4.69) is 20.5 Å². The fraction of sp³-hybridized carbons (Fsp3) is 0.294. The zero-order chi connectivity index (χ0) is 17.9. The minimum absolute atomic E-state index is 0.409. The second-order valence-electron chi connectivity index (χ2n) is 5.77. The molecule has 2 heterocycles. The molecule has 132 valence electrons. The van der Waals surface area contributed by atoms with E-state index in [1.165, 1.54) is 6.26 Å². The highest BCUT2D eigenvalue weighted by molar-refractivity contribution is 7.88. The molecular weight excluding hydrogens is 374 g/mol. The Kier molecular flexibility index (Phi) is 5.63. The molecule has 0 aliphatic carbocycles. The Labute approximate surface area is 155 Å². The zero-order valence-corrected chi connectivity index (χ0v) is 16.5. The topological polar surface area (TPSA) is 72.0 Å². The zero-order valence-electron chi connectivity index (χ0n) is 14.0. The summed E-state index contributed by atoms with van der Waals surface area (Å²) < 4.78 is 24.6. The maximum Gasteiger partial charge on any atom is 0.208 e. The summed E-state index contributed by atoms with van der Waals surface area (Å²) in [6.45, 7) is 2.42. The van der Waals surface area contributed by atoms with Crippen molar-refractivity contribution in [1.29, 1.82) is 0 Å². The number of aryl methyl sites for hydroxylation is 1. The average molecular weight is 394 g/mol. The monoisotopic (exact) mass is 393 g/mol. The molecule has 0 saturated carbocycles. The van der Waals surface area contributed by atoms with E-state index in [0.717, 1.165) is 39.0 Å². The van der Waals surface area contributed by atoms with E-state index in [4.69, 9.17) is 4.98 Å². The quantitative estimate of drug-likeness (QED) is 0.669. The van der Waals surface area contributed by atoms with E-state index < -0.39 is 10.0 Å². The summed E-state index contributed by atoms with van der Waals surface area (Å²) in [5.41, 5.74) is 4.19. The van der Waals surface area contributed by atoms with Crippen LogP contribution in [-0.2, 0) is 22.9 Å². The largest absolute Gasteiger partial charge is 0.246 e. The highest BCUT2D eigenvalue weighted by Crippen LogP contribution is 2.24. The van der Waals surface area contributed by atoms with Crippen molar-refractivity contribution in [2.45, 2.75) is 19.8 Å². The number of hydrogen-bond acceptors (Lipinski definition) is 6. The number of aromatic nitrogens is 2. The van der Waals surface area contributed by atoms with Crippen LogP contribution in [0.3, 0.4) is 0 Å². The van der Waals surface area contributed by atoms with Crippen LogP contribution in [0, 0.1) is 6.92 Å². The van der Waals surface area contributed by atoms with E-state index in [1.807, 2.05) is 31.2 Å². The minimum atomic E-state index is -3.13. The van der Waals surface area contributed by atoms with E-state index in [-0.39, 0.29) is 0 Å². The number of rotatable bonds is 7. The van der Waals surface area contributed by atoms with Crippen molar-refractivity contribution in [3.63, 3.8) is 0 Å². The molecule has 3 aromatic rings. The molecule has 0 radical (unpaired) electrons. The molecule has 0 fully saturated rings. The minimum Gasteiger partial charge on any atom is -0.246 e. The molecule has 0 aliphatic rings. The molecule has 1 aromatic carbocycles. The lowest BCUT2D eigenvalue weighted by atomic mass is 10.1. The van der Waals surface area contributed by atoms with Gasteiger partial charge in [0.05, 0.1) is 27.7 Å². The number of nitrogens with one attached hydrogen (secondary N) is 1. The lowest BCUT2D eigenvalue weighted by Gasteiger charge is -2.04. The third kappa shape index (κ3) is 5.43. The summed E-state index contributed by atoms with van der Waals surface area (Å²) in [6, 6.07) is 8.09. The smallest absolute Gasteiger partial charge is 0.208 e. The molecule has 8 heteroatoms. The number of thiazole rings is 2. The van der Waals surface area contributed by atoms with Crippen LogP contribution in [0.25, 0.3) is 11.3 Å². The lowest BCUT2D eigenvalue weighted by Crippen LogP contribution is -2.24. The lowest BCUT2D eigenvalue weighted by molar-refractivity contribution is 0.588. The summed E-state index contributed by atoms with van der Waals surface area (Å²) >= 11 is 3.31. The van der Waals surface area contributed by atoms with Gasteiger partial charge in [-0.1, -0.05) is 24.3 Å². The molecule has 0 bridgehead atoms. The Morgan fingerprint density at radius 2 is 1.84 bits per heavy atom. The number of benzene rings is 1. The fourth-order valence-corrected chi connectivity index (χ4v) is 4.30. The Morgan fingerprint density at radius 3 is 2.48 bits per heavy atom. The molecular formula is C17H19N3O2S3. The summed E-state index contributed by atoms with van der Waals surface area (Å²) in [5.74, 6) is 0. The third-order valence-electron chi connectivity index (χ3n) is 3.58. The van der Waals surface area contributed by atoms with Gasteiger partial charge < -0.3 is 0 Å². The van der Waals surface area contributed by atoms with Crippen molar-refractivity contribution in [3.8, 4) is 11.3 Å². The highest BCUT2D eigenvalue weighted by Gasteiger charge is 2.08. The van der Waals surface area contributed by atoms with Gasteiger partial charge in [-0.15, -0.1) is 22.7 Å². The number of hydrogen-bond donors (Lipinski definition) is 1. The third-order valence-corrected chi connectivity index (χ3v) is 5.98. The molecule has 0 amide bonds. The van der Waals surface area contributed by atoms with Crippen LogP contribution in [0.1, 0.15) is 21.3 Å². The molecule has 0 saturated heterocycles. The van der Waals surface area contributed by atoms with Gasteiger partial charge in [0.1, 0.15) is 0 Å². The summed E-state index contributed by atoms with van der Waals surface area (Å²) in [4.78, 5) is 9.18. The van der Waals surface area contributed by atoms with Gasteiger partial charge >= 0.3 is 0 Å². The van der Waals surface area contributed by atoms with E-state index in [9.17, 15) is 8.42 Å². The summed E-state index contributed by atoms with van der Waals surface area (Å²) in [7, 11) is -3.13. The first kappa shape index (κ1) is 18.2. The molecule has 1 N–H and O–H groups in total. The van der Waals surface area contributed by atoms with Crippen molar-refractivity contribution in [2.75, 3.05) is 12.8 Å². The van der Waals surface area contributed by atoms with Crippen molar-refractivity contribution < 1.29 is 8.42 Å². The highest BCUT2D eigenvalue weighted by atomic mass is 32.2. The first-order valence-corrected chi connectivity index (χ1v) is 11.4. The Hall–Kier alpha value is -1.61. The average Bonchev–Trinajstić information content (AvgIpc) is 3.16. The fourth-order valence-electron chi connectivity index (χ4n) is 2.39. The molecule has 0 unspecified atom stereocenters. The first-order chi connectivity index (χ1) is 11.9. The van der Waals surface area contributed by atoms with Gasteiger partial charge in [-0.2, -0.15) is 0 Å². The van der Waals surface area contributed by atoms with Crippen LogP contribution in [-0.4, -0.2) is 31.2 Å².